The number of aromatic nitrogens is 4. The van der Waals surface area contributed by atoms with Gasteiger partial charge in [0.15, 0.2) is 5.65 Å². The molecule has 2 rings (SSSR count). The normalized spacial score (nSPS) is 11.1. The Hall–Kier alpha value is -1.58. The van der Waals surface area contributed by atoms with Crippen molar-refractivity contribution >= 4 is 11.0 Å². The molecule has 2 aromatic rings. The van der Waals surface area contributed by atoms with E-state index in [2.05, 4.69) is 34.2 Å². The summed E-state index contributed by atoms with van der Waals surface area (Å²) < 4.78 is 0. The smallest absolute Gasteiger partial charge is 0.185 e. The largest absolute Gasteiger partial charge is 0.235 e. The van der Waals surface area contributed by atoms with E-state index in [0.29, 0.717) is 11.6 Å². The van der Waals surface area contributed by atoms with Gasteiger partial charge in [0, 0.05) is 11.6 Å². The van der Waals surface area contributed by atoms with Gasteiger partial charge in [-0.2, -0.15) is 0 Å². The number of pyridine rings is 1. The molecule has 0 bridgehead atoms. The first kappa shape index (κ1) is 8.99. The van der Waals surface area contributed by atoms with Crippen LogP contribution in [0.1, 0.15) is 19.4 Å². The molecule has 0 spiro atoms. The van der Waals surface area contributed by atoms with Crippen molar-refractivity contribution in [2.24, 2.45) is 5.92 Å². The first-order valence-corrected chi connectivity index (χ1v) is 4.69. The molecule has 14 heavy (non-hydrogen) atoms. The summed E-state index contributed by atoms with van der Waals surface area (Å²) >= 11 is 0. The van der Waals surface area contributed by atoms with Gasteiger partial charge < -0.3 is 0 Å². The lowest BCUT2D eigenvalue weighted by Gasteiger charge is -2.06. The SMILES string of the molecule is CC(C)Cc1ccnc2nnncc12. The zero-order valence-electron chi connectivity index (χ0n) is 8.31. The van der Waals surface area contributed by atoms with E-state index in [1.54, 1.807) is 12.4 Å². The minimum absolute atomic E-state index is 0.619. The summed E-state index contributed by atoms with van der Waals surface area (Å²) in [5, 5.41) is 12.2. The van der Waals surface area contributed by atoms with Crippen LogP contribution in [0.15, 0.2) is 18.5 Å². The van der Waals surface area contributed by atoms with Crippen LogP contribution in [0.3, 0.4) is 0 Å². The highest BCUT2D eigenvalue weighted by Gasteiger charge is 2.04. The lowest BCUT2D eigenvalue weighted by atomic mass is 10.0. The second-order valence-corrected chi connectivity index (χ2v) is 3.74. The van der Waals surface area contributed by atoms with Crippen LogP contribution in [-0.4, -0.2) is 20.4 Å². The van der Waals surface area contributed by atoms with E-state index in [1.165, 1.54) is 5.56 Å². The van der Waals surface area contributed by atoms with Crippen LogP contribution in [0.4, 0.5) is 0 Å². The van der Waals surface area contributed by atoms with Crippen molar-refractivity contribution in [2.75, 3.05) is 0 Å². The minimum Gasteiger partial charge on any atom is -0.235 e. The van der Waals surface area contributed by atoms with Crippen molar-refractivity contribution in [3.8, 4) is 0 Å². The Balaban J connectivity index is 2.53. The maximum atomic E-state index is 4.14. The van der Waals surface area contributed by atoms with Crippen molar-refractivity contribution in [3.63, 3.8) is 0 Å². The summed E-state index contributed by atoms with van der Waals surface area (Å²) in [4.78, 5) is 4.14. The Labute approximate surface area is 82.4 Å². The Morgan fingerprint density at radius 1 is 1.36 bits per heavy atom. The van der Waals surface area contributed by atoms with E-state index >= 15 is 0 Å². The lowest BCUT2D eigenvalue weighted by Crippen LogP contribution is -1.98. The van der Waals surface area contributed by atoms with Gasteiger partial charge in [-0.25, -0.2) is 4.98 Å². The highest BCUT2D eigenvalue weighted by molar-refractivity contribution is 5.76. The van der Waals surface area contributed by atoms with Crippen molar-refractivity contribution < 1.29 is 0 Å². The molecule has 2 aromatic heterocycles. The zero-order chi connectivity index (χ0) is 9.97. The first-order valence-electron chi connectivity index (χ1n) is 4.69. The molecular formula is C10H12N4. The third kappa shape index (κ3) is 1.69. The molecule has 0 aliphatic rings. The van der Waals surface area contributed by atoms with Gasteiger partial charge in [-0.15, -0.1) is 10.2 Å². The van der Waals surface area contributed by atoms with E-state index < -0.39 is 0 Å². The second-order valence-electron chi connectivity index (χ2n) is 3.74. The summed E-state index contributed by atoms with van der Waals surface area (Å²) in [6.45, 7) is 4.38. The maximum absolute atomic E-state index is 4.14. The maximum Gasteiger partial charge on any atom is 0.185 e. The molecule has 0 N–H and O–H groups in total. The monoisotopic (exact) mass is 188 g/mol. The molecule has 0 aromatic carbocycles. The van der Waals surface area contributed by atoms with Crippen molar-refractivity contribution in [3.05, 3.63) is 24.0 Å². The molecule has 0 saturated heterocycles. The molecule has 0 saturated carbocycles. The van der Waals surface area contributed by atoms with Crippen molar-refractivity contribution in [1.29, 1.82) is 0 Å². The number of fused-ring (bicyclic) bond motifs is 1. The molecule has 0 unspecified atom stereocenters. The van der Waals surface area contributed by atoms with E-state index in [4.69, 9.17) is 0 Å². The highest BCUT2D eigenvalue weighted by Crippen LogP contribution is 2.16. The molecule has 0 aliphatic carbocycles. The molecule has 0 amide bonds. The fraction of sp³-hybridized carbons (Fsp3) is 0.400. The number of hydrogen-bond acceptors (Lipinski definition) is 4. The molecule has 0 radical (unpaired) electrons. The van der Waals surface area contributed by atoms with Gasteiger partial charge in [-0.1, -0.05) is 13.8 Å². The molecular weight excluding hydrogens is 176 g/mol. The summed E-state index contributed by atoms with van der Waals surface area (Å²) in [5.74, 6) is 0.619. The number of rotatable bonds is 2. The van der Waals surface area contributed by atoms with Gasteiger partial charge in [-0.3, -0.25) is 0 Å². The van der Waals surface area contributed by atoms with E-state index in [9.17, 15) is 0 Å². The summed E-state index contributed by atoms with van der Waals surface area (Å²) in [7, 11) is 0. The van der Waals surface area contributed by atoms with Gasteiger partial charge >= 0.3 is 0 Å². The summed E-state index contributed by atoms with van der Waals surface area (Å²) in [5.41, 5.74) is 1.92. The predicted octanol–water partition coefficient (Wildman–Crippen LogP) is 1.62. The van der Waals surface area contributed by atoms with Gasteiger partial charge in [-0.05, 0) is 29.2 Å². The Morgan fingerprint density at radius 3 is 3.00 bits per heavy atom. The third-order valence-corrected chi connectivity index (χ3v) is 2.07. The highest BCUT2D eigenvalue weighted by atomic mass is 15.3. The van der Waals surface area contributed by atoms with E-state index in [0.717, 1.165) is 11.8 Å². The van der Waals surface area contributed by atoms with Gasteiger partial charge in [0.25, 0.3) is 0 Å². The molecule has 4 heteroatoms. The lowest BCUT2D eigenvalue weighted by molar-refractivity contribution is 0.649. The Kier molecular flexibility index (Phi) is 2.35. The summed E-state index contributed by atoms with van der Waals surface area (Å²) in [6, 6.07) is 2.02. The molecule has 0 aliphatic heterocycles. The molecule has 72 valence electrons. The number of nitrogens with zero attached hydrogens (tertiary/aromatic N) is 4. The van der Waals surface area contributed by atoms with Crippen LogP contribution in [-0.2, 0) is 6.42 Å². The second kappa shape index (κ2) is 3.65. The van der Waals surface area contributed by atoms with Crippen LogP contribution in [0, 0.1) is 5.92 Å². The predicted molar refractivity (Wildman–Crippen MR) is 53.7 cm³/mol. The number of hydrogen-bond donors (Lipinski definition) is 0. The fourth-order valence-corrected chi connectivity index (χ4v) is 1.49. The third-order valence-electron chi connectivity index (χ3n) is 2.07. The average molecular weight is 188 g/mol. The van der Waals surface area contributed by atoms with Gasteiger partial charge in [0.2, 0.25) is 0 Å². The first-order chi connectivity index (χ1) is 6.77. The average Bonchev–Trinajstić information content (AvgIpc) is 2.18. The quantitative estimate of drug-likeness (QED) is 0.718. The standard InChI is InChI=1S/C10H12N4/c1-7(2)5-8-3-4-11-10-9(8)6-12-14-13-10/h3-4,6-7H,5H2,1-2H3. The Bertz CT molecular complexity index is 434. The Morgan fingerprint density at radius 2 is 2.21 bits per heavy atom. The minimum atomic E-state index is 0.619. The van der Waals surface area contributed by atoms with Crippen LogP contribution in [0.5, 0.6) is 0 Å². The van der Waals surface area contributed by atoms with Crippen LogP contribution >= 0.6 is 0 Å². The molecule has 0 fully saturated rings. The van der Waals surface area contributed by atoms with E-state index in [-0.39, 0.29) is 0 Å². The topological polar surface area (TPSA) is 51.6 Å². The van der Waals surface area contributed by atoms with Crippen LogP contribution < -0.4 is 0 Å². The fourth-order valence-electron chi connectivity index (χ4n) is 1.49. The van der Waals surface area contributed by atoms with Crippen molar-refractivity contribution in [1.82, 2.24) is 20.4 Å². The van der Waals surface area contributed by atoms with E-state index in [1.807, 2.05) is 6.07 Å². The molecule has 0 atom stereocenters. The summed E-state index contributed by atoms with van der Waals surface area (Å²) in [6.07, 6.45) is 4.52. The van der Waals surface area contributed by atoms with Crippen LogP contribution in [0.2, 0.25) is 0 Å². The van der Waals surface area contributed by atoms with Crippen LogP contribution in [0.25, 0.3) is 11.0 Å². The van der Waals surface area contributed by atoms with Crippen molar-refractivity contribution in [2.45, 2.75) is 20.3 Å². The van der Waals surface area contributed by atoms with Gasteiger partial charge in [0.05, 0.1) is 6.20 Å². The zero-order valence-corrected chi connectivity index (χ0v) is 8.31. The molecule has 2 heterocycles. The molecule has 4 nitrogen and oxygen atoms in total. The van der Waals surface area contributed by atoms with Gasteiger partial charge in [0.1, 0.15) is 0 Å².